The molecular weight excluding hydrogens is 534 g/mol. The van der Waals surface area contributed by atoms with Crippen molar-refractivity contribution in [2.24, 2.45) is 0 Å². The summed E-state index contributed by atoms with van der Waals surface area (Å²) in [6.07, 6.45) is 4.03. The Hall–Kier alpha value is -4.26. The van der Waals surface area contributed by atoms with Crippen LogP contribution in [0.5, 0.6) is 0 Å². The lowest BCUT2D eigenvalue weighted by Gasteiger charge is -2.34. The molecule has 0 aliphatic carbocycles. The highest BCUT2D eigenvalue weighted by molar-refractivity contribution is 5.77. The highest BCUT2D eigenvalue weighted by atomic mass is 16.5. The maximum Gasteiger partial charge on any atom is 0.331 e. The van der Waals surface area contributed by atoms with E-state index in [9.17, 15) is 9.59 Å². The van der Waals surface area contributed by atoms with Crippen molar-refractivity contribution < 1.29 is 4.74 Å². The summed E-state index contributed by atoms with van der Waals surface area (Å²) in [6.45, 7) is 3.86. The van der Waals surface area contributed by atoms with Crippen molar-refractivity contribution >= 4 is 10.9 Å². The molecule has 4 aromatic carbocycles. The smallest absolute Gasteiger partial charge is 0.331 e. The first kappa shape index (κ1) is 28.8. The molecule has 1 aliphatic rings. The van der Waals surface area contributed by atoms with Crippen LogP contribution in [0.3, 0.4) is 0 Å². The molecule has 6 heteroatoms. The summed E-state index contributed by atoms with van der Waals surface area (Å²) >= 11 is 0. The maximum atomic E-state index is 13.5. The van der Waals surface area contributed by atoms with E-state index in [1.165, 1.54) is 15.7 Å². The number of piperidine rings is 1. The van der Waals surface area contributed by atoms with E-state index >= 15 is 0 Å². The minimum atomic E-state index is -0.239. The number of benzene rings is 4. The van der Waals surface area contributed by atoms with E-state index in [0.29, 0.717) is 17.4 Å². The molecule has 0 radical (unpaired) electrons. The van der Waals surface area contributed by atoms with Gasteiger partial charge in [-0.25, -0.2) is 4.79 Å². The van der Waals surface area contributed by atoms with E-state index in [1.54, 1.807) is 4.57 Å². The highest BCUT2D eigenvalue weighted by Crippen LogP contribution is 2.30. The molecule has 2 heterocycles. The number of hydrogen-bond acceptors (Lipinski definition) is 4. The minimum Gasteiger partial charge on any atom is -0.365 e. The molecule has 1 aliphatic heterocycles. The second-order valence-corrected chi connectivity index (χ2v) is 11.4. The van der Waals surface area contributed by atoms with Crippen LogP contribution >= 0.6 is 0 Å². The number of nitrogens with zero attached hydrogens (tertiary/aromatic N) is 3. The van der Waals surface area contributed by atoms with Gasteiger partial charge in [0.1, 0.15) is 6.10 Å². The molecule has 6 rings (SSSR count). The summed E-state index contributed by atoms with van der Waals surface area (Å²) in [5, 5.41) is 0.587. The number of ether oxygens (including phenoxy) is 1. The first-order valence-electron chi connectivity index (χ1n) is 15.4. The standard InChI is InChI=1S/C37H39N3O3/c41-36-33-20-10-11-21-34(33)39(37(42)40(36)28-29-14-4-1-5-15-29)25-13-12-24-38-26-22-32(23-27-38)43-35(30-16-6-2-7-17-30)31-18-8-3-9-19-31/h1-11,14-21,32,35H,12-13,22-28H2. The Morgan fingerprint density at radius 3 is 1.86 bits per heavy atom. The molecule has 220 valence electrons. The molecule has 6 nitrogen and oxygen atoms in total. The van der Waals surface area contributed by atoms with E-state index in [-0.39, 0.29) is 30.0 Å². The van der Waals surface area contributed by atoms with E-state index in [0.717, 1.165) is 50.9 Å². The fourth-order valence-corrected chi connectivity index (χ4v) is 6.16. The Balaban J connectivity index is 1.05. The van der Waals surface area contributed by atoms with E-state index < -0.39 is 0 Å². The van der Waals surface area contributed by atoms with Gasteiger partial charge in [-0.3, -0.25) is 13.9 Å². The SMILES string of the molecule is O=c1c2ccccc2n(CCCCN2CCC(OC(c3ccccc3)c3ccccc3)CC2)c(=O)n1Cc1ccccc1. The van der Waals surface area contributed by atoms with Crippen LogP contribution in [0, 0.1) is 0 Å². The van der Waals surface area contributed by atoms with Gasteiger partial charge in [0.05, 0.1) is 23.6 Å². The van der Waals surface area contributed by atoms with Crippen molar-refractivity contribution in [3.63, 3.8) is 0 Å². The second-order valence-electron chi connectivity index (χ2n) is 11.4. The Morgan fingerprint density at radius 2 is 1.21 bits per heavy atom. The van der Waals surface area contributed by atoms with Gasteiger partial charge in [0.2, 0.25) is 0 Å². The average molecular weight is 574 g/mol. The van der Waals surface area contributed by atoms with Gasteiger partial charge >= 0.3 is 5.69 Å². The molecule has 1 fully saturated rings. The predicted octanol–water partition coefficient (Wildman–Crippen LogP) is 6.26. The average Bonchev–Trinajstić information content (AvgIpc) is 3.07. The summed E-state index contributed by atoms with van der Waals surface area (Å²) in [5.41, 5.74) is 3.56. The molecular formula is C37H39N3O3. The molecule has 5 aromatic rings. The van der Waals surface area contributed by atoms with E-state index in [2.05, 4.69) is 53.4 Å². The van der Waals surface area contributed by atoms with Crippen LogP contribution in [-0.4, -0.2) is 39.8 Å². The van der Waals surface area contributed by atoms with Crippen molar-refractivity contribution in [3.05, 3.63) is 153 Å². The lowest BCUT2D eigenvalue weighted by molar-refractivity contribution is -0.0271. The molecule has 1 saturated heterocycles. The van der Waals surface area contributed by atoms with Gasteiger partial charge in [-0.2, -0.15) is 0 Å². The lowest BCUT2D eigenvalue weighted by Crippen LogP contribution is -2.40. The maximum absolute atomic E-state index is 13.5. The van der Waals surface area contributed by atoms with E-state index in [1.807, 2.05) is 66.7 Å². The zero-order chi connectivity index (χ0) is 29.4. The van der Waals surface area contributed by atoms with Crippen LogP contribution in [0.2, 0.25) is 0 Å². The number of rotatable bonds is 11. The minimum absolute atomic E-state index is 0.0581. The van der Waals surface area contributed by atoms with Crippen LogP contribution in [0.1, 0.15) is 48.5 Å². The monoisotopic (exact) mass is 573 g/mol. The zero-order valence-corrected chi connectivity index (χ0v) is 24.6. The van der Waals surface area contributed by atoms with Gasteiger partial charge in [0.25, 0.3) is 5.56 Å². The van der Waals surface area contributed by atoms with Crippen LogP contribution < -0.4 is 11.2 Å². The van der Waals surface area contributed by atoms with Crippen LogP contribution in [-0.2, 0) is 17.8 Å². The number of likely N-dealkylation sites (tertiary alicyclic amines) is 1. The summed E-state index contributed by atoms with van der Waals surface area (Å²) in [4.78, 5) is 29.3. The molecule has 0 unspecified atom stereocenters. The third-order valence-corrected chi connectivity index (χ3v) is 8.49. The summed E-state index contributed by atoms with van der Waals surface area (Å²) < 4.78 is 9.88. The van der Waals surface area contributed by atoms with Crippen molar-refractivity contribution in [1.82, 2.24) is 14.0 Å². The largest absolute Gasteiger partial charge is 0.365 e. The predicted molar refractivity (Wildman–Crippen MR) is 173 cm³/mol. The molecule has 1 aromatic heterocycles. The third kappa shape index (κ3) is 6.87. The molecule has 43 heavy (non-hydrogen) atoms. The first-order valence-corrected chi connectivity index (χ1v) is 15.4. The van der Waals surface area contributed by atoms with Crippen LogP contribution in [0.25, 0.3) is 10.9 Å². The quantitative estimate of drug-likeness (QED) is 0.175. The van der Waals surface area contributed by atoms with E-state index in [4.69, 9.17) is 4.74 Å². The zero-order valence-electron chi connectivity index (χ0n) is 24.6. The van der Waals surface area contributed by atoms with Gasteiger partial charge in [0.15, 0.2) is 0 Å². The van der Waals surface area contributed by atoms with Gasteiger partial charge in [-0.1, -0.05) is 103 Å². The number of unbranched alkanes of at least 4 members (excludes halogenated alkanes) is 1. The van der Waals surface area contributed by atoms with Gasteiger partial charge in [-0.15, -0.1) is 0 Å². The second kappa shape index (κ2) is 13.8. The number of para-hydroxylation sites is 1. The fourth-order valence-electron chi connectivity index (χ4n) is 6.16. The first-order chi connectivity index (χ1) is 21.2. The Kier molecular flexibility index (Phi) is 9.26. The molecule has 0 bridgehead atoms. The Morgan fingerprint density at radius 1 is 0.651 bits per heavy atom. The van der Waals surface area contributed by atoms with Crippen molar-refractivity contribution in [2.45, 2.75) is 51.0 Å². The highest BCUT2D eigenvalue weighted by Gasteiger charge is 2.24. The molecule has 0 amide bonds. The van der Waals surface area contributed by atoms with Crippen LogP contribution in [0.4, 0.5) is 0 Å². The number of hydrogen-bond donors (Lipinski definition) is 0. The summed E-state index contributed by atoms with van der Waals surface area (Å²) in [7, 11) is 0. The normalized spacial score (nSPS) is 14.4. The Labute approximate surface area is 252 Å². The van der Waals surface area contributed by atoms with Crippen molar-refractivity contribution in [2.75, 3.05) is 19.6 Å². The Bertz CT molecular complexity index is 1680. The van der Waals surface area contributed by atoms with Gasteiger partial charge in [-0.05, 0) is 61.1 Å². The van der Waals surface area contributed by atoms with Gasteiger partial charge < -0.3 is 9.64 Å². The molecule has 0 atom stereocenters. The molecule has 0 spiro atoms. The number of aromatic nitrogens is 2. The third-order valence-electron chi connectivity index (χ3n) is 8.49. The number of fused-ring (bicyclic) bond motifs is 1. The summed E-state index contributed by atoms with van der Waals surface area (Å²) in [5.74, 6) is 0. The molecule has 0 saturated carbocycles. The number of aryl methyl sites for hydroxylation is 1. The molecule has 0 N–H and O–H groups in total. The van der Waals surface area contributed by atoms with Gasteiger partial charge in [0, 0.05) is 19.6 Å². The lowest BCUT2D eigenvalue weighted by atomic mass is 10.00. The fraction of sp³-hybridized carbons (Fsp3) is 0.297. The summed E-state index contributed by atoms with van der Waals surface area (Å²) in [6, 6.07) is 38.1. The van der Waals surface area contributed by atoms with Crippen molar-refractivity contribution in [3.8, 4) is 0 Å². The van der Waals surface area contributed by atoms with Crippen molar-refractivity contribution in [1.29, 1.82) is 0 Å². The topological polar surface area (TPSA) is 56.5 Å². The van der Waals surface area contributed by atoms with Crippen LogP contribution in [0.15, 0.2) is 125 Å².